The first-order chi connectivity index (χ1) is 12.7. The highest BCUT2D eigenvalue weighted by molar-refractivity contribution is 8.18. The minimum absolute atomic E-state index is 0.107. The van der Waals surface area contributed by atoms with E-state index in [1.54, 1.807) is 11.3 Å². The molecule has 2 aromatic rings. The first-order valence-corrected chi connectivity index (χ1v) is 10.5. The Hall–Kier alpha value is -1.89. The smallest absolute Gasteiger partial charge is 0.286 e. The minimum atomic E-state index is -0.107. The number of nitrogens with zero attached hydrogens (tertiary/aromatic N) is 3. The average molecular weight is 384 g/mol. The van der Waals surface area contributed by atoms with Crippen molar-refractivity contribution in [1.82, 2.24) is 9.80 Å². The van der Waals surface area contributed by atoms with E-state index in [4.69, 9.17) is 0 Å². The molecule has 134 valence electrons. The number of benzene rings is 1. The van der Waals surface area contributed by atoms with Crippen LogP contribution in [0.25, 0.3) is 6.08 Å². The summed E-state index contributed by atoms with van der Waals surface area (Å²) in [6.07, 6.45) is 1.98. The van der Waals surface area contributed by atoms with E-state index in [9.17, 15) is 4.79 Å². The van der Waals surface area contributed by atoms with E-state index in [1.807, 2.05) is 6.08 Å². The zero-order valence-corrected chi connectivity index (χ0v) is 16.4. The molecule has 0 N–H and O–H groups in total. The van der Waals surface area contributed by atoms with Gasteiger partial charge in [0.25, 0.3) is 5.91 Å². The molecule has 0 atom stereocenters. The first kappa shape index (κ1) is 17.5. The summed E-state index contributed by atoms with van der Waals surface area (Å²) in [5.74, 6) is -0.107. The molecular formula is C20H21N3OS2. The largest absolute Gasteiger partial charge is 0.348 e. The van der Waals surface area contributed by atoms with Crippen LogP contribution in [0.1, 0.15) is 16.0 Å². The molecule has 1 saturated heterocycles. The van der Waals surface area contributed by atoms with E-state index in [0.717, 1.165) is 47.7 Å². The van der Waals surface area contributed by atoms with Crippen LogP contribution in [0, 0.1) is 6.92 Å². The molecule has 0 unspecified atom stereocenters. The molecule has 3 heterocycles. The molecule has 1 fully saturated rings. The molecule has 1 amide bonds. The number of aliphatic imine (C=N–C) groups is 1. The normalized spacial score (nSPS) is 20.0. The van der Waals surface area contributed by atoms with Gasteiger partial charge in [-0.2, -0.15) is 4.99 Å². The van der Waals surface area contributed by atoms with Crippen LogP contribution in [0.4, 0.5) is 0 Å². The predicted octanol–water partition coefficient (Wildman–Crippen LogP) is 3.84. The van der Waals surface area contributed by atoms with Gasteiger partial charge in [-0.3, -0.25) is 9.69 Å². The van der Waals surface area contributed by atoms with Gasteiger partial charge in [-0.1, -0.05) is 30.3 Å². The fourth-order valence-electron chi connectivity index (χ4n) is 3.12. The number of hydrogen-bond donors (Lipinski definition) is 0. The molecule has 6 heteroatoms. The third-order valence-electron chi connectivity index (χ3n) is 4.66. The Balaban J connectivity index is 1.35. The Kier molecular flexibility index (Phi) is 5.24. The highest BCUT2D eigenvalue weighted by atomic mass is 32.2. The lowest BCUT2D eigenvalue weighted by Gasteiger charge is -2.35. The zero-order valence-electron chi connectivity index (χ0n) is 14.7. The lowest BCUT2D eigenvalue weighted by atomic mass is 10.2. The van der Waals surface area contributed by atoms with Crippen LogP contribution < -0.4 is 0 Å². The van der Waals surface area contributed by atoms with Crippen LogP contribution in [0.5, 0.6) is 0 Å². The lowest BCUT2D eigenvalue weighted by Crippen LogP contribution is -2.47. The number of amidine groups is 1. The lowest BCUT2D eigenvalue weighted by molar-refractivity contribution is -0.113. The molecule has 0 bridgehead atoms. The standard InChI is InChI=1S/C20H21N3OS2/c1-15-7-12-25-17(15)13-18-19(24)21-20(26-18)23-10-8-22(9-11-23)14-16-5-3-2-4-6-16/h2-7,12-13H,8-11,14H2,1H3. The van der Waals surface area contributed by atoms with Gasteiger partial charge in [0.05, 0.1) is 4.91 Å². The maximum Gasteiger partial charge on any atom is 0.286 e. The number of carbonyl (C=O) groups excluding carboxylic acids is 1. The summed E-state index contributed by atoms with van der Waals surface area (Å²) in [6, 6.07) is 12.7. The molecule has 2 aliphatic heterocycles. The van der Waals surface area contributed by atoms with Gasteiger partial charge in [-0.25, -0.2) is 0 Å². The molecule has 0 spiro atoms. The van der Waals surface area contributed by atoms with Gasteiger partial charge < -0.3 is 4.90 Å². The number of hydrogen-bond acceptors (Lipinski definition) is 5. The summed E-state index contributed by atoms with van der Waals surface area (Å²) >= 11 is 3.18. The van der Waals surface area contributed by atoms with Crippen molar-refractivity contribution in [3.05, 3.63) is 62.7 Å². The molecule has 2 aliphatic rings. The summed E-state index contributed by atoms with van der Waals surface area (Å²) in [4.78, 5) is 23.1. The van der Waals surface area contributed by atoms with E-state index in [-0.39, 0.29) is 5.91 Å². The Labute approximate surface area is 162 Å². The van der Waals surface area contributed by atoms with Crippen molar-refractivity contribution in [1.29, 1.82) is 0 Å². The second kappa shape index (κ2) is 7.78. The molecule has 4 nitrogen and oxygen atoms in total. The fourth-order valence-corrected chi connectivity index (χ4v) is 5.00. The van der Waals surface area contributed by atoms with Crippen molar-refractivity contribution in [3.8, 4) is 0 Å². The first-order valence-electron chi connectivity index (χ1n) is 8.77. The van der Waals surface area contributed by atoms with Crippen LogP contribution >= 0.6 is 23.1 Å². The van der Waals surface area contributed by atoms with Gasteiger partial charge >= 0.3 is 0 Å². The maximum atomic E-state index is 12.3. The van der Waals surface area contributed by atoms with Crippen molar-refractivity contribution < 1.29 is 4.79 Å². The summed E-state index contributed by atoms with van der Waals surface area (Å²) in [6.45, 7) is 6.86. The van der Waals surface area contributed by atoms with Crippen molar-refractivity contribution in [2.24, 2.45) is 4.99 Å². The van der Waals surface area contributed by atoms with Crippen LogP contribution in [0.15, 0.2) is 51.7 Å². The Morgan fingerprint density at radius 1 is 1.12 bits per heavy atom. The number of thiophene rings is 1. The third kappa shape index (κ3) is 3.92. The fraction of sp³-hybridized carbons (Fsp3) is 0.300. The Morgan fingerprint density at radius 2 is 1.88 bits per heavy atom. The van der Waals surface area contributed by atoms with Crippen molar-refractivity contribution in [3.63, 3.8) is 0 Å². The maximum absolute atomic E-state index is 12.3. The summed E-state index contributed by atoms with van der Waals surface area (Å²) in [7, 11) is 0. The highest BCUT2D eigenvalue weighted by Crippen LogP contribution is 2.32. The van der Waals surface area contributed by atoms with E-state index in [2.05, 4.69) is 63.5 Å². The van der Waals surface area contributed by atoms with Crippen LogP contribution in [0.2, 0.25) is 0 Å². The van der Waals surface area contributed by atoms with Gasteiger partial charge in [-0.15, -0.1) is 11.3 Å². The molecule has 0 radical (unpaired) electrons. The summed E-state index contributed by atoms with van der Waals surface area (Å²) < 4.78 is 0. The number of piperazine rings is 1. The highest BCUT2D eigenvalue weighted by Gasteiger charge is 2.28. The van der Waals surface area contributed by atoms with E-state index in [0.29, 0.717) is 0 Å². The number of thioether (sulfide) groups is 1. The predicted molar refractivity (Wildman–Crippen MR) is 110 cm³/mol. The Morgan fingerprint density at radius 3 is 2.58 bits per heavy atom. The van der Waals surface area contributed by atoms with Gasteiger partial charge in [0, 0.05) is 37.6 Å². The molecule has 0 aliphatic carbocycles. The van der Waals surface area contributed by atoms with Gasteiger partial charge in [0.1, 0.15) is 0 Å². The quantitative estimate of drug-likeness (QED) is 0.755. The van der Waals surface area contributed by atoms with Gasteiger partial charge in [0.15, 0.2) is 5.17 Å². The molecule has 1 aromatic heterocycles. The second-order valence-corrected chi connectivity index (χ2v) is 8.48. The van der Waals surface area contributed by atoms with E-state index in [1.165, 1.54) is 22.9 Å². The SMILES string of the molecule is Cc1ccsc1C=C1SC(N2CCN(Cc3ccccc3)CC2)=NC1=O. The van der Waals surface area contributed by atoms with Crippen molar-refractivity contribution in [2.75, 3.05) is 26.2 Å². The summed E-state index contributed by atoms with van der Waals surface area (Å²) in [5.41, 5.74) is 2.55. The summed E-state index contributed by atoms with van der Waals surface area (Å²) in [5, 5.41) is 2.91. The monoisotopic (exact) mass is 383 g/mol. The van der Waals surface area contributed by atoms with Crippen molar-refractivity contribution in [2.45, 2.75) is 13.5 Å². The van der Waals surface area contributed by atoms with E-state index < -0.39 is 0 Å². The second-order valence-electron chi connectivity index (χ2n) is 6.53. The molecular weight excluding hydrogens is 362 g/mol. The van der Waals surface area contributed by atoms with Crippen LogP contribution in [0.3, 0.4) is 0 Å². The van der Waals surface area contributed by atoms with Gasteiger partial charge in [0.2, 0.25) is 0 Å². The number of rotatable bonds is 3. The zero-order chi connectivity index (χ0) is 17.9. The van der Waals surface area contributed by atoms with E-state index >= 15 is 0 Å². The molecule has 0 saturated carbocycles. The number of aryl methyl sites for hydroxylation is 1. The van der Waals surface area contributed by atoms with Crippen LogP contribution in [-0.2, 0) is 11.3 Å². The molecule has 4 rings (SSSR count). The molecule has 26 heavy (non-hydrogen) atoms. The average Bonchev–Trinajstić information content (AvgIpc) is 3.23. The van der Waals surface area contributed by atoms with Crippen LogP contribution in [-0.4, -0.2) is 47.1 Å². The Bertz CT molecular complexity index is 849. The number of amides is 1. The number of carbonyl (C=O) groups is 1. The van der Waals surface area contributed by atoms with Crippen molar-refractivity contribution >= 4 is 40.2 Å². The molecule has 1 aromatic carbocycles. The van der Waals surface area contributed by atoms with Gasteiger partial charge in [-0.05, 0) is 47.3 Å². The minimum Gasteiger partial charge on any atom is -0.348 e. The third-order valence-corrected chi connectivity index (χ3v) is 6.68. The topological polar surface area (TPSA) is 35.9 Å².